The Labute approximate surface area is 141 Å². The van der Waals surface area contributed by atoms with Crippen LogP contribution in [-0.2, 0) is 17.3 Å². The van der Waals surface area contributed by atoms with Gasteiger partial charge < -0.3 is 0 Å². The second-order valence-corrected chi connectivity index (χ2v) is 9.20. The van der Waals surface area contributed by atoms with Crippen molar-refractivity contribution >= 4 is 0 Å². The summed E-state index contributed by atoms with van der Waals surface area (Å²) >= 11 is 0. The van der Waals surface area contributed by atoms with Crippen LogP contribution in [0.25, 0.3) is 11.1 Å². The highest BCUT2D eigenvalue weighted by atomic mass is 14.3. The Morgan fingerprint density at radius 3 is 1.91 bits per heavy atom. The number of hydrogen-bond acceptors (Lipinski definition) is 0. The second-order valence-electron chi connectivity index (χ2n) is 9.20. The van der Waals surface area contributed by atoms with Gasteiger partial charge in [-0.1, -0.05) is 59.7 Å². The number of benzene rings is 2. The molecule has 0 amide bonds. The minimum Gasteiger partial charge on any atom is -0.0561 e. The van der Waals surface area contributed by atoms with Crippen molar-refractivity contribution in [2.75, 3.05) is 0 Å². The fourth-order valence-electron chi connectivity index (χ4n) is 4.02. The third kappa shape index (κ3) is 2.73. The zero-order valence-corrected chi connectivity index (χ0v) is 15.9. The van der Waals surface area contributed by atoms with E-state index in [-0.39, 0.29) is 10.8 Å². The number of aryl methyl sites for hydroxylation is 2. The first kappa shape index (κ1) is 16.3. The molecular weight excluding hydrogens is 276 g/mol. The third-order valence-corrected chi connectivity index (χ3v) is 5.08. The van der Waals surface area contributed by atoms with E-state index in [1.807, 2.05) is 0 Å². The Morgan fingerprint density at radius 1 is 0.783 bits per heavy atom. The average Bonchev–Trinajstić information content (AvgIpc) is 2.70. The van der Waals surface area contributed by atoms with Gasteiger partial charge in [-0.2, -0.15) is 0 Å². The lowest BCUT2D eigenvalue weighted by atomic mass is 9.80. The first-order chi connectivity index (χ1) is 10.5. The Bertz CT molecular complexity index is 710. The molecule has 3 rings (SSSR count). The first-order valence-electron chi connectivity index (χ1n) is 8.69. The predicted octanol–water partition coefficient (Wildman–Crippen LogP) is 6.27. The molecule has 0 aliphatic heterocycles. The van der Waals surface area contributed by atoms with E-state index in [2.05, 4.69) is 79.7 Å². The summed E-state index contributed by atoms with van der Waals surface area (Å²) < 4.78 is 0. The maximum Gasteiger partial charge on any atom is -0.000707 e. The Morgan fingerprint density at radius 2 is 1.35 bits per heavy atom. The second kappa shape index (κ2) is 4.97. The molecule has 2 aromatic rings. The van der Waals surface area contributed by atoms with Crippen molar-refractivity contribution in [1.29, 1.82) is 0 Å². The number of rotatable bonds is 0. The minimum absolute atomic E-state index is 0.163. The van der Waals surface area contributed by atoms with Gasteiger partial charge in [0.05, 0.1) is 0 Å². The molecule has 0 unspecified atom stereocenters. The molecule has 121 valence electrons. The van der Waals surface area contributed by atoms with Gasteiger partial charge >= 0.3 is 0 Å². The van der Waals surface area contributed by atoms with Gasteiger partial charge in [-0.25, -0.2) is 0 Å². The maximum atomic E-state index is 3.69. The van der Waals surface area contributed by atoms with Gasteiger partial charge in [0.1, 0.15) is 0 Å². The quantitative estimate of drug-likeness (QED) is 0.459. The standard InChI is InChI=1S/C23H29/c1-14-9-16-11-17-10-15(2)21(23(6,7)8)13-19(17)18(16)12-20(14)22(3,4)5/h9,12-13H,11H2,1-8H3. The van der Waals surface area contributed by atoms with Crippen LogP contribution in [0.15, 0.2) is 18.2 Å². The molecule has 0 N–H and O–H groups in total. The van der Waals surface area contributed by atoms with E-state index < -0.39 is 0 Å². The molecule has 1 radical (unpaired) electrons. The summed E-state index contributed by atoms with van der Waals surface area (Å²) in [4.78, 5) is 0. The van der Waals surface area contributed by atoms with E-state index in [9.17, 15) is 0 Å². The van der Waals surface area contributed by atoms with Crippen molar-refractivity contribution in [2.45, 2.75) is 72.6 Å². The molecule has 0 atom stereocenters. The van der Waals surface area contributed by atoms with E-state index >= 15 is 0 Å². The highest BCUT2D eigenvalue weighted by Crippen LogP contribution is 2.42. The lowest BCUT2D eigenvalue weighted by Gasteiger charge is -2.24. The first-order valence-corrected chi connectivity index (χ1v) is 8.69. The molecular formula is C23H29. The van der Waals surface area contributed by atoms with Gasteiger partial charge in [0.25, 0.3) is 0 Å². The largest absolute Gasteiger partial charge is 0.0561 e. The predicted molar refractivity (Wildman–Crippen MR) is 100 cm³/mol. The smallest absolute Gasteiger partial charge is 0.000707 e. The van der Waals surface area contributed by atoms with Crippen LogP contribution in [0.3, 0.4) is 0 Å². The lowest BCUT2D eigenvalue weighted by molar-refractivity contribution is 0.585. The van der Waals surface area contributed by atoms with Gasteiger partial charge in [-0.15, -0.1) is 0 Å². The topological polar surface area (TPSA) is 0 Å². The summed E-state index contributed by atoms with van der Waals surface area (Å²) in [6.45, 7) is 18.2. The molecule has 1 aliphatic carbocycles. The van der Waals surface area contributed by atoms with Gasteiger partial charge in [-0.3, -0.25) is 0 Å². The molecule has 0 saturated carbocycles. The zero-order valence-electron chi connectivity index (χ0n) is 15.9. The van der Waals surface area contributed by atoms with Crippen molar-refractivity contribution in [3.05, 3.63) is 57.6 Å². The van der Waals surface area contributed by atoms with E-state index in [0.29, 0.717) is 0 Å². The number of fused-ring (bicyclic) bond motifs is 3. The van der Waals surface area contributed by atoms with Gasteiger partial charge in [0, 0.05) is 0 Å². The summed E-state index contributed by atoms with van der Waals surface area (Å²) in [6.07, 6.45) is 1.03. The molecule has 1 aliphatic rings. The van der Waals surface area contributed by atoms with E-state index in [4.69, 9.17) is 0 Å². The highest BCUT2D eigenvalue weighted by molar-refractivity contribution is 5.79. The van der Waals surface area contributed by atoms with Crippen LogP contribution in [0.1, 0.15) is 74.9 Å². The Hall–Kier alpha value is -1.56. The molecule has 0 saturated heterocycles. The summed E-state index contributed by atoms with van der Waals surface area (Å²) in [5.74, 6) is 0. The van der Waals surface area contributed by atoms with Crippen molar-refractivity contribution in [3.8, 4) is 11.1 Å². The Kier molecular flexibility index (Phi) is 3.52. The van der Waals surface area contributed by atoms with Gasteiger partial charge in [-0.05, 0) is 81.7 Å². The van der Waals surface area contributed by atoms with Crippen molar-refractivity contribution < 1.29 is 0 Å². The summed E-state index contributed by atoms with van der Waals surface area (Å²) in [5.41, 5.74) is 11.6. The van der Waals surface area contributed by atoms with Crippen LogP contribution in [0, 0.1) is 19.9 Å². The fraction of sp³-hybridized carbons (Fsp3) is 0.478. The summed E-state index contributed by atoms with van der Waals surface area (Å²) in [6, 6.07) is 10.9. The molecule has 0 fully saturated rings. The van der Waals surface area contributed by atoms with Gasteiger partial charge in [0.15, 0.2) is 0 Å². The minimum atomic E-state index is 0.163. The average molecular weight is 305 g/mol. The van der Waals surface area contributed by atoms with Crippen molar-refractivity contribution in [2.24, 2.45) is 0 Å². The van der Waals surface area contributed by atoms with Crippen molar-refractivity contribution in [1.82, 2.24) is 0 Å². The number of hydrogen-bond donors (Lipinski definition) is 0. The molecule has 0 heterocycles. The molecule has 23 heavy (non-hydrogen) atoms. The summed E-state index contributed by atoms with van der Waals surface area (Å²) in [7, 11) is 0. The molecule has 0 bridgehead atoms. The molecule has 0 heteroatoms. The lowest BCUT2D eigenvalue weighted by Crippen LogP contribution is -2.14. The zero-order chi connectivity index (χ0) is 17.2. The van der Waals surface area contributed by atoms with E-state index in [0.717, 1.165) is 6.42 Å². The van der Waals surface area contributed by atoms with Gasteiger partial charge in [0.2, 0.25) is 0 Å². The monoisotopic (exact) mass is 305 g/mol. The van der Waals surface area contributed by atoms with Crippen LogP contribution in [-0.4, -0.2) is 0 Å². The van der Waals surface area contributed by atoms with E-state index in [1.165, 1.54) is 44.5 Å². The van der Waals surface area contributed by atoms with Crippen LogP contribution < -0.4 is 0 Å². The molecule has 0 nitrogen and oxygen atoms in total. The van der Waals surface area contributed by atoms with E-state index in [1.54, 1.807) is 0 Å². The van der Waals surface area contributed by atoms with Crippen molar-refractivity contribution in [3.63, 3.8) is 0 Å². The summed E-state index contributed by atoms with van der Waals surface area (Å²) in [5, 5.41) is 0. The molecule has 0 aromatic heterocycles. The normalized spacial score (nSPS) is 13.9. The van der Waals surface area contributed by atoms with Crippen LogP contribution in [0.5, 0.6) is 0 Å². The Balaban J connectivity index is 2.23. The molecule has 0 spiro atoms. The van der Waals surface area contributed by atoms with Crippen LogP contribution >= 0.6 is 0 Å². The van der Waals surface area contributed by atoms with Crippen LogP contribution in [0.4, 0.5) is 0 Å². The molecule has 2 aromatic carbocycles. The fourth-order valence-corrected chi connectivity index (χ4v) is 4.02. The highest BCUT2D eigenvalue weighted by Gasteiger charge is 2.26. The maximum absolute atomic E-state index is 3.69. The van der Waals surface area contributed by atoms with Crippen LogP contribution in [0.2, 0.25) is 0 Å². The SMILES string of the molecule is Cc1[c]c2c(cc1C(C)(C)C)-c1cc(C(C)(C)C)c(C)cc1C2. The third-order valence-electron chi connectivity index (χ3n) is 5.08.